The number of hydrogen-bond acceptors (Lipinski definition) is 4. The van der Waals surface area contributed by atoms with Gasteiger partial charge in [-0.1, -0.05) is 36.2 Å². The second-order valence-electron chi connectivity index (χ2n) is 8.80. The third kappa shape index (κ3) is 7.20. The second-order valence-corrected chi connectivity index (χ2v) is 9.62. The third-order valence-corrected chi connectivity index (χ3v) is 7.16. The van der Waals surface area contributed by atoms with Crippen LogP contribution in [0.3, 0.4) is 0 Å². The normalized spacial score (nSPS) is 23.1. The molecule has 2 saturated heterocycles. The van der Waals surface area contributed by atoms with Gasteiger partial charge in [-0.15, -0.1) is 0 Å². The van der Waals surface area contributed by atoms with Crippen LogP contribution in [0.25, 0.3) is 6.08 Å². The first-order chi connectivity index (χ1) is 15.3. The summed E-state index contributed by atoms with van der Waals surface area (Å²) in [5.74, 6) is 0.380. The van der Waals surface area contributed by atoms with Crippen molar-refractivity contribution in [3.63, 3.8) is 0 Å². The fourth-order valence-corrected chi connectivity index (χ4v) is 4.47. The van der Waals surface area contributed by atoms with E-state index in [0.29, 0.717) is 48.6 Å². The zero-order valence-electron chi connectivity index (χ0n) is 18.7. The number of aliphatic hydroxyl groups excluding tert-OH is 1. The minimum absolute atomic E-state index is 0.107. The second kappa shape index (κ2) is 12.0. The number of rotatable bonds is 7. The highest BCUT2D eigenvalue weighted by Gasteiger charge is 2.25. The number of carbonyl (C=O) groups excluding carboxylic acids is 2. The Morgan fingerprint density at radius 2 is 1.91 bits per heavy atom. The molecule has 1 aromatic rings. The van der Waals surface area contributed by atoms with Crippen LogP contribution in [0.5, 0.6) is 0 Å². The molecule has 6 nitrogen and oxygen atoms in total. The molecule has 1 aromatic carbocycles. The number of halogens is 2. The Morgan fingerprint density at radius 3 is 2.66 bits per heavy atom. The van der Waals surface area contributed by atoms with Crippen LogP contribution < -0.4 is 0 Å². The zero-order chi connectivity index (χ0) is 23.1. The molecule has 2 fully saturated rings. The van der Waals surface area contributed by atoms with E-state index in [1.54, 1.807) is 29.2 Å². The Labute approximate surface area is 200 Å². The number of nitrogens with zero attached hydrogens (tertiary/aromatic N) is 3. The highest BCUT2D eigenvalue weighted by atomic mass is 35.5. The van der Waals surface area contributed by atoms with Gasteiger partial charge >= 0.3 is 0 Å². The lowest BCUT2D eigenvalue weighted by Gasteiger charge is -2.34. The van der Waals surface area contributed by atoms with Gasteiger partial charge in [-0.25, -0.2) is 0 Å². The van der Waals surface area contributed by atoms with Gasteiger partial charge in [0.05, 0.1) is 16.1 Å². The van der Waals surface area contributed by atoms with Crippen LogP contribution >= 0.6 is 23.2 Å². The lowest BCUT2D eigenvalue weighted by molar-refractivity contribution is -0.130. The Bertz CT molecular complexity index is 833. The van der Waals surface area contributed by atoms with Gasteiger partial charge in [-0.3, -0.25) is 9.59 Å². The van der Waals surface area contributed by atoms with Crippen molar-refractivity contribution < 1.29 is 14.7 Å². The van der Waals surface area contributed by atoms with E-state index in [4.69, 9.17) is 23.2 Å². The molecule has 176 valence electrons. The molecule has 0 aromatic heterocycles. The number of benzene rings is 1. The molecule has 1 N–H and O–H groups in total. The number of amides is 2. The van der Waals surface area contributed by atoms with Crippen LogP contribution in [0.2, 0.25) is 10.0 Å². The molecule has 2 amide bonds. The van der Waals surface area contributed by atoms with Gasteiger partial charge < -0.3 is 19.8 Å². The van der Waals surface area contributed by atoms with Crippen LogP contribution in [-0.2, 0) is 9.59 Å². The van der Waals surface area contributed by atoms with Crippen LogP contribution in [-0.4, -0.2) is 83.5 Å². The maximum absolute atomic E-state index is 12.6. The molecule has 0 aliphatic carbocycles. The van der Waals surface area contributed by atoms with E-state index in [0.717, 1.165) is 44.5 Å². The van der Waals surface area contributed by atoms with Gasteiger partial charge in [0.15, 0.2) is 0 Å². The smallest absolute Gasteiger partial charge is 0.246 e. The monoisotopic (exact) mass is 481 g/mol. The summed E-state index contributed by atoms with van der Waals surface area (Å²) < 4.78 is 0. The van der Waals surface area contributed by atoms with Crippen molar-refractivity contribution in [2.75, 3.05) is 45.8 Å². The molecule has 0 spiro atoms. The molecule has 8 heteroatoms. The van der Waals surface area contributed by atoms with Crippen LogP contribution in [0, 0.1) is 5.92 Å². The summed E-state index contributed by atoms with van der Waals surface area (Å²) in [5.41, 5.74) is 0.802. The first-order valence-corrected chi connectivity index (χ1v) is 12.2. The first kappa shape index (κ1) is 25.0. The fourth-order valence-electron chi connectivity index (χ4n) is 4.17. The largest absolute Gasteiger partial charge is 0.392 e. The molecule has 2 unspecified atom stereocenters. The highest BCUT2D eigenvalue weighted by Crippen LogP contribution is 2.23. The molecule has 2 aliphatic heterocycles. The lowest BCUT2D eigenvalue weighted by Crippen LogP contribution is -2.43. The lowest BCUT2D eigenvalue weighted by atomic mass is 9.96. The van der Waals surface area contributed by atoms with Crippen molar-refractivity contribution in [3.05, 3.63) is 39.9 Å². The highest BCUT2D eigenvalue weighted by molar-refractivity contribution is 6.42. The molecule has 2 aliphatic rings. The molecular weight excluding hydrogens is 449 g/mol. The number of carbonyl (C=O) groups is 2. The molecule has 32 heavy (non-hydrogen) atoms. The van der Waals surface area contributed by atoms with Crippen molar-refractivity contribution in [3.8, 4) is 0 Å². The predicted molar refractivity (Wildman–Crippen MR) is 129 cm³/mol. The van der Waals surface area contributed by atoms with Crippen molar-refractivity contribution in [1.82, 2.24) is 14.7 Å². The van der Waals surface area contributed by atoms with Gasteiger partial charge in [0.1, 0.15) is 0 Å². The van der Waals surface area contributed by atoms with Gasteiger partial charge in [0, 0.05) is 45.2 Å². The Kier molecular flexibility index (Phi) is 9.41. The standard InChI is InChI=1S/C24H33Cl2N3O3/c1-18-8-12-27(17-22(18)30)10-2-3-11-28-14-15-29(13-9-24(28)32)23(31)7-5-19-4-6-20(25)21(26)16-19/h4-7,16,18,22,30H,2-3,8-15,17H2,1H3. The Morgan fingerprint density at radius 1 is 1.12 bits per heavy atom. The Balaban J connectivity index is 1.41. The number of likely N-dealkylation sites (tertiary alicyclic amines) is 1. The fraction of sp³-hybridized carbons (Fsp3) is 0.583. The summed E-state index contributed by atoms with van der Waals surface area (Å²) in [6, 6.07) is 5.22. The first-order valence-electron chi connectivity index (χ1n) is 11.4. The summed E-state index contributed by atoms with van der Waals surface area (Å²) in [4.78, 5) is 31.0. The molecule has 0 radical (unpaired) electrons. The van der Waals surface area contributed by atoms with Gasteiger partial charge in [0.25, 0.3) is 0 Å². The van der Waals surface area contributed by atoms with E-state index < -0.39 is 0 Å². The van der Waals surface area contributed by atoms with Crippen molar-refractivity contribution in [2.24, 2.45) is 5.92 Å². The summed E-state index contributed by atoms with van der Waals surface area (Å²) in [6.07, 6.45) is 6.32. The van der Waals surface area contributed by atoms with E-state index in [2.05, 4.69) is 11.8 Å². The molecular formula is C24H33Cl2N3O3. The average molecular weight is 482 g/mol. The minimum atomic E-state index is -0.231. The van der Waals surface area contributed by atoms with Crippen molar-refractivity contribution >= 4 is 41.1 Å². The predicted octanol–water partition coefficient (Wildman–Crippen LogP) is 3.55. The summed E-state index contributed by atoms with van der Waals surface area (Å²) in [6.45, 7) is 7.08. The number of hydrogen-bond donors (Lipinski definition) is 1. The Hall–Kier alpha value is -1.60. The quantitative estimate of drug-likeness (QED) is 0.477. The number of β-amino-alcohol motifs (C(OH)–C–C–N with tert-alkyl or cyclic N) is 1. The number of aliphatic hydroxyl groups is 1. The van der Waals surface area contributed by atoms with E-state index >= 15 is 0 Å². The maximum Gasteiger partial charge on any atom is 0.246 e. The van der Waals surface area contributed by atoms with Crippen molar-refractivity contribution in [2.45, 2.75) is 38.7 Å². The van der Waals surface area contributed by atoms with Gasteiger partial charge in [-0.2, -0.15) is 0 Å². The van der Waals surface area contributed by atoms with Crippen LogP contribution in [0.4, 0.5) is 0 Å². The molecule has 0 saturated carbocycles. The van der Waals surface area contributed by atoms with E-state index in [1.807, 2.05) is 4.90 Å². The number of piperidine rings is 1. The van der Waals surface area contributed by atoms with Gasteiger partial charge in [-0.05, 0) is 62.0 Å². The van der Waals surface area contributed by atoms with Crippen LogP contribution in [0.15, 0.2) is 24.3 Å². The molecule has 3 rings (SSSR count). The van der Waals surface area contributed by atoms with E-state index in [9.17, 15) is 14.7 Å². The zero-order valence-corrected chi connectivity index (χ0v) is 20.2. The molecule has 2 heterocycles. The van der Waals surface area contributed by atoms with Crippen LogP contribution in [0.1, 0.15) is 38.2 Å². The maximum atomic E-state index is 12.6. The average Bonchev–Trinajstić information content (AvgIpc) is 2.96. The third-order valence-electron chi connectivity index (χ3n) is 6.42. The van der Waals surface area contributed by atoms with Crippen molar-refractivity contribution in [1.29, 1.82) is 0 Å². The van der Waals surface area contributed by atoms with Gasteiger partial charge in [0.2, 0.25) is 11.8 Å². The minimum Gasteiger partial charge on any atom is -0.392 e. The summed E-state index contributed by atoms with van der Waals surface area (Å²) in [7, 11) is 0. The summed E-state index contributed by atoms with van der Waals surface area (Å²) in [5, 5.41) is 11.0. The number of unbranched alkanes of at least 4 members (excludes halogenated alkanes) is 1. The van der Waals surface area contributed by atoms with E-state index in [1.165, 1.54) is 6.08 Å². The molecule has 2 atom stereocenters. The topological polar surface area (TPSA) is 64.1 Å². The molecule has 0 bridgehead atoms. The summed E-state index contributed by atoms with van der Waals surface area (Å²) >= 11 is 11.9. The SMILES string of the molecule is CC1CCN(CCCCN2CCN(C(=O)C=Cc3ccc(Cl)c(Cl)c3)CCC2=O)CC1O. The van der Waals surface area contributed by atoms with E-state index in [-0.39, 0.29) is 17.9 Å².